The van der Waals surface area contributed by atoms with Gasteiger partial charge in [0, 0.05) is 23.2 Å². The number of amides is 1. The zero-order valence-electron chi connectivity index (χ0n) is 9.78. The smallest absolute Gasteiger partial charge is 0.212 e. The molecule has 0 atom stereocenters. The Kier molecular flexibility index (Phi) is 3.14. The number of aromatic nitrogens is 2. The predicted octanol–water partition coefficient (Wildman–Crippen LogP) is 0.473. The van der Waals surface area contributed by atoms with Gasteiger partial charge in [-0.15, -0.1) is 0 Å². The van der Waals surface area contributed by atoms with Crippen molar-refractivity contribution in [3.63, 3.8) is 0 Å². The van der Waals surface area contributed by atoms with Gasteiger partial charge in [-0.2, -0.15) is 5.26 Å². The van der Waals surface area contributed by atoms with Crippen LogP contribution < -0.4 is 5.32 Å². The SMILES string of the molecule is CS(=O)(=O)c1nc(C#N)cc2cnc(NC=O)cc12. The summed E-state index contributed by atoms with van der Waals surface area (Å²) in [4.78, 5) is 18.1. The number of hydrogen-bond donors (Lipinski definition) is 1. The van der Waals surface area contributed by atoms with Crippen LogP contribution in [0.3, 0.4) is 0 Å². The largest absolute Gasteiger partial charge is 0.313 e. The van der Waals surface area contributed by atoms with Crippen LogP contribution in [0.2, 0.25) is 0 Å². The Labute approximate surface area is 108 Å². The van der Waals surface area contributed by atoms with Gasteiger partial charge in [0.1, 0.15) is 17.6 Å². The Balaban J connectivity index is 2.86. The Morgan fingerprint density at radius 1 is 1.42 bits per heavy atom. The number of nitrogens with one attached hydrogen (secondary N) is 1. The summed E-state index contributed by atoms with van der Waals surface area (Å²) in [7, 11) is -3.60. The van der Waals surface area contributed by atoms with E-state index in [0.717, 1.165) is 6.26 Å². The molecule has 1 N–H and O–H groups in total. The number of nitriles is 1. The van der Waals surface area contributed by atoms with Gasteiger partial charge in [-0.25, -0.2) is 18.4 Å². The molecule has 19 heavy (non-hydrogen) atoms. The Morgan fingerprint density at radius 2 is 2.16 bits per heavy atom. The highest BCUT2D eigenvalue weighted by atomic mass is 32.2. The van der Waals surface area contributed by atoms with E-state index in [2.05, 4.69) is 15.3 Å². The lowest BCUT2D eigenvalue weighted by Crippen LogP contribution is -2.04. The summed E-state index contributed by atoms with van der Waals surface area (Å²) in [5.41, 5.74) is -0.00850. The summed E-state index contributed by atoms with van der Waals surface area (Å²) >= 11 is 0. The van der Waals surface area contributed by atoms with E-state index < -0.39 is 9.84 Å². The van der Waals surface area contributed by atoms with Crippen molar-refractivity contribution in [3.8, 4) is 6.07 Å². The van der Waals surface area contributed by atoms with Gasteiger partial charge in [-0.1, -0.05) is 0 Å². The van der Waals surface area contributed by atoms with Gasteiger partial charge >= 0.3 is 0 Å². The molecule has 2 aromatic heterocycles. The van der Waals surface area contributed by atoms with Crippen LogP contribution in [0.1, 0.15) is 5.69 Å². The molecule has 0 aliphatic rings. The lowest BCUT2D eigenvalue weighted by Gasteiger charge is -2.06. The molecule has 2 aromatic rings. The highest BCUT2D eigenvalue weighted by Gasteiger charge is 2.16. The summed E-state index contributed by atoms with van der Waals surface area (Å²) in [5, 5.41) is 11.7. The van der Waals surface area contributed by atoms with Crippen molar-refractivity contribution in [1.82, 2.24) is 9.97 Å². The molecule has 1 amide bonds. The zero-order chi connectivity index (χ0) is 14.0. The topological polar surface area (TPSA) is 113 Å². The molecule has 0 spiro atoms. The minimum absolute atomic E-state index is 0.00850. The highest BCUT2D eigenvalue weighted by molar-refractivity contribution is 7.90. The maximum Gasteiger partial charge on any atom is 0.212 e. The number of pyridine rings is 2. The molecule has 0 aliphatic heterocycles. The predicted molar refractivity (Wildman–Crippen MR) is 67.0 cm³/mol. The van der Waals surface area contributed by atoms with Crippen molar-refractivity contribution in [3.05, 3.63) is 24.0 Å². The Bertz CT molecular complexity index is 809. The number of carbonyl (C=O) groups is 1. The number of sulfone groups is 1. The standard InChI is InChI=1S/C11H8N4O3S/c1-19(17,18)11-9-3-10(14-6-16)13-5-7(9)2-8(4-12)15-11/h2-3,5-6H,1H3,(H,13,14,16). The van der Waals surface area contributed by atoms with Crippen molar-refractivity contribution >= 4 is 32.8 Å². The Morgan fingerprint density at radius 3 is 2.74 bits per heavy atom. The van der Waals surface area contributed by atoms with Gasteiger partial charge < -0.3 is 5.32 Å². The van der Waals surface area contributed by atoms with E-state index in [4.69, 9.17) is 5.26 Å². The summed E-state index contributed by atoms with van der Waals surface area (Å²) in [6.07, 6.45) is 2.81. The summed E-state index contributed by atoms with van der Waals surface area (Å²) in [6, 6.07) is 4.63. The molecule has 2 rings (SSSR count). The molecule has 0 bridgehead atoms. The summed E-state index contributed by atoms with van der Waals surface area (Å²) in [6.45, 7) is 0. The first-order chi connectivity index (χ1) is 8.95. The van der Waals surface area contributed by atoms with E-state index >= 15 is 0 Å². The van der Waals surface area contributed by atoms with Gasteiger partial charge in [-0.3, -0.25) is 4.79 Å². The van der Waals surface area contributed by atoms with Crippen LogP contribution in [-0.2, 0) is 14.6 Å². The van der Waals surface area contributed by atoms with Crippen molar-refractivity contribution in [2.75, 3.05) is 11.6 Å². The van der Waals surface area contributed by atoms with Gasteiger partial charge in [0.05, 0.1) is 0 Å². The molecule has 0 unspecified atom stereocenters. The van der Waals surface area contributed by atoms with E-state index in [1.165, 1.54) is 18.3 Å². The first-order valence-corrected chi connectivity index (χ1v) is 6.96. The fourth-order valence-electron chi connectivity index (χ4n) is 1.59. The zero-order valence-corrected chi connectivity index (χ0v) is 10.6. The maximum absolute atomic E-state index is 11.7. The lowest BCUT2D eigenvalue weighted by molar-refractivity contribution is -0.105. The molecule has 0 saturated heterocycles. The molecule has 0 aliphatic carbocycles. The van der Waals surface area contributed by atoms with Crippen molar-refractivity contribution < 1.29 is 13.2 Å². The number of fused-ring (bicyclic) bond motifs is 1. The average molecular weight is 276 g/mol. The second kappa shape index (κ2) is 4.62. The third-order valence-corrected chi connectivity index (χ3v) is 3.37. The quantitative estimate of drug-likeness (QED) is 0.815. The van der Waals surface area contributed by atoms with Gasteiger partial charge in [0.15, 0.2) is 14.9 Å². The van der Waals surface area contributed by atoms with E-state index in [1.54, 1.807) is 6.07 Å². The minimum atomic E-state index is -3.60. The molecule has 0 radical (unpaired) electrons. The van der Waals surface area contributed by atoms with Crippen molar-refractivity contribution in [2.24, 2.45) is 0 Å². The van der Waals surface area contributed by atoms with E-state index in [1.807, 2.05) is 0 Å². The molecule has 8 heteroatoms. The fourth-order valence-corrected chi connectivity index (χ4v) is 2.44. The first-order valence-electron chi connectivity index (χ1n) is 5.07. The first kappa shape index (κ1) is 12.9. The van der Waals surface area contributed by atoms with Gasteiger partial charge in [0.2, 0.25) is 6.41 Å². The number of anilines is 1. The minimum Gasteiger partial charge on any atom is -0.313 e. The second-order valence-corrected chi connectivity index (χ2v) is 5.68. The van der Waals surface area contributed by atoms with Gasteiger partial charge in [-0.05, 0) is 12.1 Å². The van der Waals surface area contributed by atoms with E-state index in [9.17, 15) is 13.2 Å². The molecule has 96 valence electrons. The monoisotopic (exact) mass is 276 g/mol. The van der Waals surface area contributed by atoms with Crippen LogP contribution in [-0.4, -0.2) is 31.1 Å². The van der Waals surface area contributed by atoms with E-state index in [0.29, 0.717) is 17.2 Å². The van der Waals surface area contributed by atoms with Crippen LogP contribution in [0.15, 0.2) is 23.4 Å². The van der Waals surface area contributed by atoms with Crippen LogP contribution in [0.4, 0.5) is 5.82 Å². The van der Waals surface area contributed by atoms with Crippen LogP contribution >= 0.6 is 0 Å². The lowest BCUT2D eigenvalue weighted by atomic mass is 10.2. The average Bonchev–Trinajstić information content (AvgIpc) is 2.36. The van der Waals surface area contributed by atoms with E-state index in [-0.39, 0.29) is 16.5 Å². The molecular formula is C11H8N4O3S. The molecule has 0 fully saturated rings. The number of carbonyl (C=O) groups excluding carboxylic acids is 1. The van der Waals surface area contributed by atoms with Crippen LogP contribution in [0.5, 0.6) is 0 Å². The third kappa shape index (κ3) is 2.51. The molecule has 7 nitrogen and oxygen atoms in total. The summed E-state index contributed by atoms with van der Waals surface area (Å²) in [5.74, 6) is 0.207. The molecule has 0 aromatic carbocycles. The van der Waals surface area contributed by atoms with Crippen LogP contribution in [0.25, 0.3) is 10.8 Å². The number of rotatable bonds is 3. The molecule has 0 saturated carbocycles. The van der Waals surface area contributed by atoms with Gasteiger partial charge in [0.25, 0.3) is 0 Å². The fraction of sp³-hybridized carbons (Fsp3) is 0.0909. The molecule has 2 heterocycles. The third-order valence-electron chi connectivity index (χ3n) is 2.35. The molecular weight excluding hydrogens is 268 g/mol. The van der Waals surface area contributed by atoms with Crippen molar-refractivity contribution in [2.45, 2.75) is 5.03 Å². The maximum atomic E-state index is 11.7. The summed E-state index contributed by atoms with van der Waals surface area (Å²) < 4.78 is 23.4. The normalized spacial score (nSPS) is 10.9. The van der Waals surface area contributed by atoms with Crippen molar-refractivity contribution in [1.29, 1.82) is 5.26 Å². The highest BCUT2D eigenvalue weighted by Crippen LogP contribution is 2.23. The Hall–Kier alpha value is -2.53. The van der Waals surface area contributed by atoms with Crippen LogP contribution in [0, 0.1) is 11.3 Å². The number of nitrogens with zero attached hydrogens (tertiary/aromatic N) is 3. The second-order valence-electron chi connectivity index (χ2n) is 3.75. The number of hydrogen-bond acceptors (Lipinski definition) is 6.